The van der Waals surface area contributed by atoms with Gasteiger partial charge in [0, 0.05) is 42.5 Å². The maximum Gasteiger partial charge on any atom is 0.416 e. The predicted octanol–water partition coefficient (Wildman–Crippen LogP) is 4.56. The van der Waals surface area contributed by atoms with Crippen molar-refractivity contribution >= 4 is 35.0 Å². The minimum absolute atomic E-state index is 0.00417. The first kappa shape index (κ1) is 27.8. The number of carbonyl (C=O) groups excluding carboxylic acids is 3. The van der Waals surface area contributed by atoms with Gasteiger partial charge in [-0.25, -0.2) is 13.8 Å². The van der Waals surface area contributed by atoms with Gasteiger partial charge >= 0.3 is 6.18 Å². The van der Waals surface area contributed by atoms with Crippen LogP contribution in [0.4, 0.5) is 27.8 Å². The average molecular weight is 568 g/mol. The van der Waals surface area contributed by atoms with Crippen LogP contribution in [0, 0.1) is 11.6 Å². The van der Waals surface area contributed by atoms with Gasteiger partial charge in [0.25, 0.3) is 5.91 Å². The number of nitrogens with zero attached hydrogens (tertiary/aromatic N) is 3. The topological polar surface area (TPSA) is 96.3 Å². The molecule has 14 heteroatoms. The van der Waals surface area contributed by atoms with Gasteiger partial charge in [0.2, 0.25) is 11.7 Å². The summed E-state index contributed by atoms with van der Waals surface area (Å²) in [5.41, 5.74) is -2.00. The quantitative estimate of drug-likeness (QED) is 0.259. The molecular weight excluding hydrogens is 549 g/mol. The first-order chi connectivity index (χ1) is 18.2. The van der Waals surface area contributed by atoms with Crippen molar-refractivity contribution in [2.24, 2.45) is 0 Å². The molecule has 1 aromatic heterocycles. The van der Waals surface area contributed by atoms with Crippen molar-refractivity contribution in [3.8, 4) is 0 Å². The minimum Gasteiger partial charge on any atom is -0.383 e. The lowest BCUT2D eigenvalue weighted by atomic mass is 10.0. The van der Waals surface area contributed by atoms with E-state index in [1.54, 1.807) is 19.0 Å². The normalized spacial score (nSPS) is 15.2. The number of rotatable bonds is 6. The fraction of sp³-hybridized carbons (Fsp3) is 0.200. The molecule has 4 rings (SSSR count). The molecular formula is C25H19ClF5N5O3. The Kier molecular flexibility index (Phi) is 7.46. The summed E-state index contributed by atoms with van der Waals surface area (Å²) >= 11 is 6.26. The number of amides is 2. The standard InChI is InChI=1S/C25H19ClF5N5O3/c1-35(2)6-5-18(37)23-33-22(34-24(39)12-7-13(25(29,30)31)9-15(28)8-12)21-20(32-19(38)11-36(21)23)16-10-14(27)3-4-17(16)26/h3-10,20H,11H2,1-2H3,(H,32,38)(H,34,39)/t20-/m0/s1. The number of imidazole rings is 1. The molecule has 0 aliphatic carbocycles. The summed E-state index contributed by atoms with van der Waals surface area (Å²) in [6.07, 6.45) is -2.36. The lowest BCUT2D eigenvalue weighted by Crippen LogP contribution is -2.40. The number of nitrogens with one attached hydrogen (secondary N) is 2. The summed E-state index contributed by atoms with van der Waals surface area (Å²) in [5.74, 6) is -5.06. The highest BCUT2D eigenvalue weighted by Gasteiger charge is 2.36. The van der Waals surface area contributed by atoms with Crippen molar-refractivity contribution in [3.05, 3.63) is 93.5 Å². The largest absolute Gasteiger partial charge is 0.416 e. The molecule has 0 unspecified atom stereocenters. The van der Waals surface area contributed by atoms with E-state index in [4.69, 9.17) is 11.6 Å². The zero-order valence-electron chi connectivity index (χ0n) is 20.2. The Balaban J connectivity index is 1.86. The molecule has 1 aliphatic heterocycles. The van der Waals surface area contributed by atoms with Gasteiger partial charge in [-0.05, 0) is 36.4 Å². The van der Waals surface area contributed by atoms with Gasteiger partial charge in [0.1, 0.15) is 18.2 Å². The van der Waals surface area contributed by atoms with Crippen LogP contribution in [0.3, 0.4) is 0 Å². The van der Waals surface area contributed by atoms with E-state index in [2.05, 4.69) is 15.6 Å². The fourth-order valence-electron chi connectivity index (χ4n) is 3.93. The third kappa shape index (κ3) is 5.93. The van der Waals surface area contributed by atoms with E-state index in [1.807, 2.05) is 0 Å². The number of ketones is 1. The Hall–Kier alpha value is -4.26. The van der Waals surface area contributed by atoms with E-state index in [1.165, 1.54) is 16.8 Å². The molecule has 204 valence electrons. The Bertz CT molecular complexity index is 1520. The van der Waals surface area contributed by atoms with Crippen LogP contribution < -0.4 is 10.6 Å². The van der Waals surface area contributed by atoms with Crippen molar-refractivity contribution in [2.75, 3.05) is 19.4 Å². The lowest BCUT2D eigenvalue weighted by Gasteiger charge is -2.28. The van der Waals surface area contributed by atoms with E-state index < -0.39 is 59.1 Å². The molecule has 1 aliphatic rings. The summed E-state index contributed by atoms with van der Waals surface area (Å²) in [6.45, 7) is -0.420. The van der Waals surface area contributed by atoms with Gasteiger partial charge in [-0.15, -0.1) is 0 Å². The molecule has 8 nitrogen and oxygen atoms in total. The van der Waals surface area contributed by atoms with Crippen LogP contribution in [-0.2, 0) is 17.5 Å². The Morgan fingerprint density at radius 3 is 2.54 bits per heavy atom. The third-order valence-corrected chi connectivity index (χ3v) is 5.96. The van der Waals surface area contributed by atoms with Crippen molar-refractivity contribution in [2.45, 2.75) is 18.8 Å². The molecule has 0 fully saturated rings. The van der Waals surface area contributed by atoms with Crippen molar-refractivity contribution in [1.82, 2.24) is 19.8 Å². The predicted molar refractivity (Wildman–Crippen MR) is 130 cm³/mol. The first-order valence-electron chi connectivity index (χ1n) is 11.2. The van der Waals surface area contributed by atoms with Gasteiger partial charge in [-0.1, -0.05) is 11.6 Å². The van der Waals surface area contributed by atoms with Crippen LogP contribution in [0.15, 0.2) is 48.7 Å². The molecule has 2 amide bonds. The van der Waals surface area contributed by atoms with Crippen LogP contribution in [0.2, 0.25) is 5.02 Å². The summed E-state index contributed by atoms with van der Waals surface area (Å²) in [5, 5.41) is 4.94. The molecule has 0 bridgehead atoms. The molecule has 0 radical (unpaired) electrons. The smallest absolute Gasteiger partial charge is 0.383 e. The maximum absolute atomic E-state index is 14.1. The number of carbonyl (C=O) groups is 3. The number of fused-ring (bicyclic) bond motifs is 1. The van der Waals surface area contributed by atoms with Gasteiger partial charge in [0.05, 0.1) is 17.3 Å². The molecule has 0 saturated carbocycles. The highest BCUT2D eigenvalue weighted by molar-refractivity contribution is 6.31. The number of alkyl halides is 3. The van der Waals surface area contributed by atoms with Crippen molar-refractivity contribution in [3.63, 3.8) is 0 Å². The number of halogens is 6. The number of hydrogen-bond donors (Lipinski definition) is 2. The maximum atomic E-state index is 14.1. The monoisotopic (exact) mass is 567 g/mol. The zero-order chi connectivity index (χ0) is 28.6. The average Bonchev–Trinajstić information content (AvgIpc) is 3.20. The number of hydrogen-bond acceptors (Lipinski definition) is 5. The molecule has 2 N–H and O–H groups in total. The number of aromatic nitrogens is 2. The number of benzene rings is 2. The van der Waals surface area contributed by atoms with E-state index in [0.29, 0.717) is 12.1 Å². The molecule has 0 saturated heterocycles. The molecule has 39 heavy (non-hydrogen) atoms. The fourth-order valence-corrected chi connectivity index (χ4v) is 4.16. The van der Waals surface area contributed by atoms with Gasteiger partial charge in [-0.2, -0.15) is 13.2 Å². The molecule has 0 spiro atoms. The van der Waals surface area contributed by atoms with E-state index in [0.717, 1.165) is 18.2 Å². The first-order valence-corrected chi connectivity index (χ1v) is 11.5. The molecule has 1 atom stereocenters. The van der Waals surface area contributed by atoms with Gasteiger partial charge in [-0.3, -0.25) is 14.4 Å². The second-order valence-corrected chi connectivity index (χ2v) is 9.15. The molecule has 2 heterocycles. The molecule has 2 aromatic carbocycles. The van der Waals surface area contributed by atoms with Crippen LogP contribution in [0.25, 0.3) is 0 Å². The number of allylic oxidation sites excluding steroid dienone is 1. The van der Waals surface area contributed by atoms with E-state index in [-0.39, 0.29) is 34.0 Å². The van der Waals surface area contributed by atoms with Gasteiger partial charge in [0.15, 0.2) is 11.6 Å². The number of anilines is 1. The highest BCUT2D eigenvalue weighted by atomic mass is 35.5. The van der Waals surface area contributed by atoms with Crippen molar-refractivity contribution in [1.29, 1.82) is 0 Å². The van der Waals surface area contributed by atoms with E-state index in [9.17, 15) is 36.3 Å². The Labute approximate surface area is 223 Å². The highest BCUT2D eigenvalue weighted by Crippen LogP contribution is 2.36. The van der Waals surface area contributed by atoms with Crippen LogP contribution in [-0.4, -0.2) is 46.1 Å². The second kappa shape index (κ2) is 10.5. The summed E-state index contributed by atoms with van der Waals surface area (Å²) < 4.78 is 68.8. The van der Waals surface area contributed by atoms with Crippen LogP contribution in [0.1, 0.15) is 43.8 Å². The van der Waals surface area contributed by atoms with Gasteiger partial charge < -0.3 is 20.1 Å². The summed E-state index contributed by atoms with van der Waals surface area (Å²) in [6, 6.07) is 3.44. The SMILES string of the molecule is CN(C)C=CC(=O)c1nc(NC(=O)c2cc(F)cc(C(F)(F)F)c2)c2n1CC(=O)N[C@H]2c1cc(F)ccc1Cl. The second-order valence-electron chi connectivity index (χ2n) is 8.75. The lowest BCUT2D eigenvalue weighted by molar-refractivity contribution is -0.137. The van der Waals surface area contributed by atoms with Crippen LogP contribution in [0.5, 0.6) is 0 Å². The van der Waals surface area contributed by atoms with E-state index >= 15 is 0 Å². The Morgan fingerprint density at radius 1 is 1.15 bits per heavy atom. The molecule has 3 aromatic rings. The Morgan fingerprint density at radius 2 is 1.87 bits per heavy atom. The van der Waals surface area contributed by atoms with Crippen LogP contribution >= 0.6 is 11.6 Å². The summed E-state index contributed by atoms with van der Waals surface area (Å²) in [7, 11) is 3.31. The van der Waals surface area contributed by atoms with Crippen molar-refractivity contribution < 1.29 is 36.3 Å². The zero-order valence-corrected chi connectivity index (χ0v) is 21.0. The summed E-state index contributed by atoms with van der Waals surface area (Å²) in [4.78, 5) is 44.3. The minimum atomic E-state index is -4.92. The third-order valence-electron chi connectivity index (χ3n) is 5.62.